The van der Waals surface area contributed by atoms with Gasteiger partial charge in [0.1, 0.15) is 0 Å². The molecule has 0 spiro atoms. The standard InChI is InChI=1S/C17H33O6P/c1-3-5-6-7-8-9-10-11-12-13-14-15-17(22-16(18)4-2)23-24(19,20)21/h4,17H,2-3,5-15H2,1H3,(H2,19,20,21). The zero-order chi connectivity index (χ0) is 18.3. The fraction of sp³-hybridized carbons (Fsp3) is 0.824. The summed E-state index contributed by atoms with van der Waals surface area (Å²) in [5.74, 6) is -0.753. The van der Waals surface area contributed by atoms with Crippen molar-refractivity contribution in [3.63, 3.8) is 0 Å². The van der Waals surface area contributed by atoms with Gasteiger partial charge in [-0.3, -0.25) is 0 Å². The van der Waals surface area contributed by atoms with Crippen LogP contribution in [0.15, 0.2) is 12.7 Å². The molecule has 0 fully saturated rings. The molecule has 1 unspecified atom stereocenters. The maximum atomic E-state index is 11.1. The zero-order valence-electron chi connectivity index (χ0n) is 14.8. The summed E-state index contributed by atoms with van der Waals surface area (Å²) in [7, 11) is -4.68. The van der Waals surface area contributed by atoms with Crippen molar-refractivity contribution in [3.8, 4) is 0 Å². The lowest BCUT2D eigenvalue weighted by molar-refractivity contribution is -0.160. The third-order valence-corrected chi connectivity index (χ3v) is 4.22. The molecule has 0 saturated heterocycles. The summed E-state index contributed by atoms with van der Waals surface area (Å²) in [6.45, 7) is 5.46. The number of phosphoric acid groups is 1. The molecule has 0 aliphatic heterocycles. The SMILES string of the molecule is C=CC(=O)OC(CCCCCCCCCCCCC)OP(=O)(O)O. The second-order valence-electron chi connectivity index (χ2n) is 5.99. The first-order valence-electron chi connectivity index (χ1n) is 8.96. The molecule has 0 rings (SSSR count). The molecule has 0 aromatic heterocycles. The molecule has 0 bridgehead atoms. The largest absolute Gasteiger partial charge is 0.472 e. The minimum Gasteiger partial charge on any atom is -0.432 e. The van der Waals surface area contributed by atoms with Crippen molar-refractivity contribution in [2.24, 2.45) is 0 Å². The Balaban J connectivity index is 3.70. The van der Waals surface area contributed by atoms with Crippen LogP contribution in [0, 0.1) is 0 Å². The van der Waals surface area contributed by atoms with E-state index in [1.165, 1.54) is 44.9 Å². The molecule has 0 aliphatic rings. The Morgan fingerprint density at radius 1 is 1.00 bits per heavy atom. The third-order valence-electron chi connectivity index (χ3n) is 3.71. The summed E-state index contributed by atoms with van der Waals surface area (Å²) in [5.41, 5.74) is 0. The Morgan fingerprint density at radius 2 is 1.46 bits per heavy atom. The van der Waals surface area contributed by atoms with Crippen LogP contribution in [0.25, 0.3) is 0 Å². The minimum atomic E-state index is -4.68. The molecule has 0 radical (unpaired) electrons. The molecule has 0 amide bonds. The van der Waals surface area contributed by atoms with Gasteiger partial charge in [0, 0.05) is 12.5 Å². The van der Waals surface area contributed by atoms with E-state index in [0.29, 0.717) is 6.42 Å². The van der Waals surface area contributed by atoms with Gasteiger partial charge >= 0.3 is 13.8 Å². The number of rotatable bonds is 16. The molecule has 142 valence electrons. The fourth-order valence-corrected chi connectivity index (χ4v) is 2.89. The Bertz CT molecular complexity index is 379. The van der Waals surface area contributed by atoms with Gasteiger partial charge in [0.05, 0.1) is 0 Å². The number of ether oxygens (including phenoxy) is 1. The Morgan fingerprint density at radius 3 is 1.88 bits per heavy atom. The van der Waals surface area contributed by atoms with Gasteiger partial charge in [0.2, 0.25) is 6.29 Å². The van der Waals surface area contributed by atoms with Crippen LogP contribution < -0.4 is 0 Å². The van der Waals surface area contributed by atoms with Gasteiger partial charge in [0.15, 0.2) is 0 Å². The summed E-state index contributed by atoms with van der Waals surface area (Å²) in [6.07, 6.45) is 12.9. The molecule has 0 aromatic carbocycles. The van der Waals surface area contributed by atoms with Crippen LogP contribution in [-0.4, -0.2) is 22.0 Å². The predicted molar refractivity (Wildman–Crippen MR) is 94.3 cm³/mol. The second kappa shape index (κ2) is 14.6. The topological polar surface area (TPSA) is 93.1 Å². The van der Waals surface area contributed by atoms with Crippen LogP contribution in [0.2, 0.25) is 0 Å². The van der Waals surface area contributed by atoms with Crippen molar-refractivity contribution in [1.29, 1.82) is 0 Å². The summed E-state index contributed by atoms with van der Waals surface area (Å²) in [5, 5.41) is 0. The minimum absolute atomic E-state index is 0.266. The lowest BCUT2D eigenvalue weighted by atomic mass is 10.1. The fourth-order valence-electron chi connectivity index (χ4n) is 2.44. The van der Waals surface area contributed by atoms with Crippen molar-refractivity contribution in [2.45, 2.75) is 90.3 Å². The number of carbonyl (C=O) groups is 1. The Hall–Kier alpha value is -0.680. The van der Waals surface area contributed by atoms with E-state index in [9.17, 15) is 9.36 Å². The van der Waals surface area contributed by atoms with E-state index in [2.05, 4.69) is 18.0 Å². The lowest BCUT2D eigenvalue weighted by Gasteiger charge is -2.17. The lowest BCUT2D eigenvalue weighted by Crippen LogP contribution is -2.19. The Labute approximate surface area is 145 Å². The van der Waals surface area contributed by atoms with Gasteiger partial charge in [-0.2, -0.15) is 0 Å². The van der Waals surface area contributed by atoms with Crippen molar-refractivity contribution >= 4 is 13.8 Å². The average Bonchev–Trinajstić information content (AvgIpc) is 2.50. The van der Waals surface area contributed by atoms with Gasteiger partial charge in [-0.05, 0) is 6.42 Å². The summed E-state index contributed by atoms with van der Waals surface area (Å²) in [4.78, 5) is 28.8. The van der Waals surface area contributed by atoms with Gasteiger partial charge < -0.3 is 14.5 Å². The van der Waals surface area contributed by atoms with Crippen molar-refractivity contribution < 1.29 is 28.4 Å². The van der Waals surface area contributed by atoms with Crippen LogP contribution in [0.5, 0.6) is 0 Å². The average molecular weight is 364 g/mol. The molecular weight excluding hydrogens is 331 g/mol. The number of esters is 1. The summed E-state index contributed by atoms with van der Waals surface area (Å²) >= 11 is 0. The zero-order valence-corrected chi connectivity index (χ0v) is 15.7. The molecule has 2 N–H and O–H groups in total. The number of hydrogen-bond donors (Lipinski definition) is 2. The van der Waals surface area contributed by atoms with Gasteiger partial charge in [-0.15, -0.1) is 0 Å². The van der Waals surface area contributed by atoms with Crippen LogP contribution in [0.3, 0.4) is 0 Å². The van der Waals surface area contributed by atoms with E-state index in [0.717, 1.165) is 25.3 Å². The molecule has 24 heavy (non-hydrogen) atoms. The molecule has 6 nitrogen and oxygen atoms in total. The van der Waals surface area contributed by atoms with Gasteiger partial charge in [0.25, 0.3) is 0 Å². The highest BCUT2D eigenvalue weighted by molar-refractivity contribution is 7.46. The molecule has 0 saturated carbocycles. The first kappa shape index (κ1) is 23.3. The maximum Gasteiger partial charge on any atom is 0.472 e. The highest BCUT2D eigenvalue weighted by Gasteiger charge is 2.24. The van der Waals surface area contributed by atoms with Crippen LogP contribution in [0.4, 0.5) is 0 Å². The van der Waals surface area contributed by atoms with E-state index < -0.39 is 20.1 Å². The predicted octanol–water partition coefficient (Wildman–Crippen LogP) is 4.85. The van der Waals surface area contributed by atoms with Crippen molar-refractivity contribution in [3.05, 3.63) is 12.7 Å². The quantitative estimate of drug-likeness (QED) is 0.134. The highest BCUT2D eigenvalue weighted by Crippen LogP contribution is 2.38. The van der Waals surface area contributed by atoms with E-state index in [4.69, 9.17) is 14.5 Å². The van der Waals surface area contributed by atoms with E-state index >= 15 is 0 Å². The summed E-state index contributed by atoms with van der Waals surface area (Å²) in [6, 6.07) is 0. The van der Waals surface area contributed by atoms with Crippen molar-refractivity contribution in [1.82, 2.24) is 0 Å². The van der Waals surface area contributed by atoms with Gasteiger partial charge in [-0.1, -0.05) is 77.7 Å². The maximum absolute atomic E-state index is 11.1. The number of hydrogen-bond acceptors (Lipinski definition) is 4. The number of phosphoric ester groups is 1. The third kappa shape index (κ3) is 16.2. The van der Waals surface area contributed by atoms with E-state index in [-0.39, 0.29) is 6.42 Å². The van der Waals surface area contributed by atoms with Crippen LogP contribution in [0.1, 0.15) is 84.0 Å². The van der Waals surface area contributed by atoms with Crippen LogP contribution >= 0.6 is 7.82 Å². The van der Waals surface area contributed by atoms with E-state index in [1.807, 2.05) is 0 Å². The first-order chi connectivity index (χ1) is 11.4. The summed E-state index contributed by atoms with van der Waals surface area (Å²) < 4.78 is 20.1. The molecule has 1 atom stereocenters. The molecule has 0 heterocycles. The van der Waals surface area contributed by atoms with Crippen LogP contribution in [-0.2, 0) is 18.6 Å². The van der Waals surface area contributed by atoms with Gasteiger partial charge in [-0.25, -0.2) is 13.9 Å². The normalized spacial score (nSPS) is 12.8. The molecule has 0 aliphatic carbocycles. The first-order valence-corrected chi connectivity index (χ1v) is 10.5. The molecular formula is C17H33O6P. The van der Waals surface area contributed by atoms with Crippen molar-refractivity contribution in [2.75, 3.05) is 0 Å². The molecule has 7 heteroatoms. The number of carbonyl (C=O) groups excluding carboxylic acids is 1. The second-order valence-corrected chi connectivity index (χ2v) is 7.18. The Kier molecular flexibility index (Phi) is 14.2. The number of unbranched alkanes of at least 4 members (excludes halogenated alkanes) is 10. The van der Waals surface area contributed by atoms with E-state index in [1.54, 1.807) is 0 Å². The highest BCUT2D eigenvalue weighted by atomic mass is 31.2. The smallest absolute Gasteiger partial charge is 0.432 e. The molecule has 0 aromatic rings. The monoisotopic (exact) mass is 364 g/mol.